The van der Waals surface area contributed by atoms with Crippen LogP contribution in [0.4, 0.5) is 10.5 Å². The van der Waals surface area contributed by atoms with E-state index in [9.17, 15) is 14.4 Å². The molecule has 1 saturated heterocycles. The highest BCUT2D eigenvalue weighted by Crippen LogP contribution is 2.23. The van der Waals surface area contributed by atoms with Crippen LogP contribution in [-0.4, -0.2) is 40.3 Å². The molecule has 31 heavy (non-hydrogen) atoms. The van der Waals surface area contributed by atoms with Gasteiger partial charge in [-0.3, -0.25) is 14.5 Å². The highest BCUT2D eigenvalue weighted by molar-refractivity contribution is 6.04. The fourth-order valence-corrected chi connectivity index (χ4v) is 3.95. The van der Waals surface area contributed by atoms with Crippen molar-refractivity contribution in [3.63, 3.8) is 0 Å². The summed E-state index contributed by atoms with van der Waals surface area (Å²) in [5.41, 5.74) is 10.2. The lowest BCUT2D eigenvalue weighted by Crippen LogP contribution is -2.32. The molecule has 160 valence electrons. The number of fused-ring (bicyclic) bond motifs is 1. The lowest BCUT2D eigenvalue weighted by molar-refractivity contribution is -0.127. The summed E-state index contributed by atoms with van der Waals surface area (Å²) in [5.74, 6) is -0.438. The molecule has 1 unspecified atom stereocenters. The van der Waals surface area contributed by atoms with E-state index in [1.807, 2.05) is 24.4 Å². The van der Waals surface area contributed by atoms with Gasteiger partial charge < -0.3 is 21.4 Å². The molecule has 8 nitrogen and oxygen atoms in total. The maximum Gasteiger partial charge on any atom is 0.325 e. The summed E-state index contributed by atoms with van der Waals surface area (Å²) >= 11 is 0. The summed E-state index contributed by atoms with van der Waals surface area (Å²) in [6.45, 7) is 2.14. The first-order chi connectivity index (χ1) is 14.9. The molecule has 2 heterocycles. The second-order valence-corrected chi connectivity index (χ2v) is 7.74. The Bertz CT molecular complexity index is 1150. The smallest absolute Gasteiger partial charge is 0.325 e. The summed E-state index contributed by atoms with van der Waals surface area (Å²) in [7, 11) is 0. The second-order valence-electron chi connectivity index (χ2n) is 7.74. The van der Waals surface area contributed by atoms with Crippen molar-refractivity contribution in [1.29, 1.82) is 0 Å². The molecule has 0 spiro atoms. The van der Waals surface area contributed by atoms with Crippen LogP contribution in [0.15, 0.2) is 48.7 Å². The van der Waals surface area contributed by atoms with Crippen molar-refractivity contribution in [3.05, 3.63) is 65.4 Å². The molecule has 0 aliphatic carbocycles. The quantitative estimate of drug-likeness (QED) is 0.439. The summed E-state index contributed by atoms with van der Waals surface area (Å²) in [6, 6.07) is 12.1. The minimum atomic E-state index is -0.611. The van der Waals surface area contributed by atoms with Crippen LogP contribution in [0.3, 0.4) is 0 Å². The van der Waals surface area contributed by atoms with Crippen molar-refractivity contribution in [3.8, 4) is 0 Å². The zero-order chi connectivity index (χ0) is 22.0. The molecule has 1 aliphatic rings. The van der Waals surface area contributed by atoms with E-state index in [2.05, 4.69) is 21.7 Å². The van der Waals surface area contributed by atoms with Crippen LogP contribution in [-0.2, 0) is 29.0 Å². The third-order valence-corrected chi connectivity index (χ3v) is 5.38. The maximum absolute atomic E-state index is 12.9. The number of hydrogen-bond acceptors (Lipinski definition) is 4. The zero-order valence-electron chi connectivity index (χ0n) is 17.3. The number of anilines is 1. The molecule has 0 saturated carbocycles. The number of aromatic nitrogens is 1. The Labute approximate surface area is 179 Å². The summed E-state index contributed by atoms with van der Waals surface area (Å²) in [6.07, 6.45) is 3.14. The van der Waals surface area contributed by atoms with Crippen molar-refractivity contribution in [2.75, 3.05) is 11.9 Å². The number of carbonyl (C=O) groups excluding carboxylic acids is 3. The van der Waals surface area contributed by atoms with Crippen molar-refractivity contribution in [2.45, 2.75) is 32.4 Å². The van der Waals surface area contributed by atoms with Gasteiger partial charge in [0.2, 0.25) is 5.91 Å². The zero-order valence-corrected chi connectivity index (χ0v) is 17.3. The molecule has 2 aromatic carbocycles. The van der Waals surface area contributed by atoms with E-state index >= 15 is 0 Å². The molecule has 5 N–H and O–H groups in total. The van der Waals surface area contributed by atoms with Gasteiger partial charge in [-0.25, -0.2) is 4.79 Å². The summed E-state index contributed by atoms with van der Waals surface area (Å²) in [5, 5.41) is 6.59. The van der Waals surface area contributed by atoms with Crippen LogP contribution < -0.4 is 16.4 Å². The van der Waals surface area contributed by atoms with Gasteiger partial charge in [-0.05, 0) is 53.9 Å². The average Bonchev–Trinajstić information content (AvgIpc) is 3.24. The molecule has 0 radical (unpaired) electrons. The van der Waals surface area contributed by atoms with Crippen LogP contribution in [0.2, 0.25) is 0 Å². The number of nitrogens with two attached hydrogens (primary N) is 1. The summed E-state index contributed by atoms with van der Waals surface area (Å²) in [4.78, 5) is 41.1. The SMILES string of the molecule is CC(=O)Nc1cccc(CN2C(=O)NC(Cc3ccc4[nH]cc(CCN)c4c3)C2=O)c1. The van der Waals surface area contributed by atoms with Crippen molar-refractivity contribution >= 4 is 34.4 Å². The second kappa shape index (κ2) is 8.61. The number of aromatic amines is 1. The first kappa shape index (κ1) is 20.6. The van der Waals surface area contributed by atoms with Crippen LogP contribution in [0.5, 0.6) is 0 Å². The van der Waals surface area contributed by atoms with Gasteiger partial charge in [0, 0.05) is 36.1 Å². The van der Waals surface area contributed by atoms with Crippen LogP contribution in [0.1, 0.15) is 23.6 Å². The number of amides is 4. The van der Waals surface area contributed by atoms with E-state index in [1.54, 1.807) is 18.2 Å². The molecule has 1 aromatic heterocycles. The molecule has 1 aliphatic heterocycles. The molecule has 4 amide bonds. The molecule has 4 rings (SSSR count). The molecular weight excluding hydrogens is 394 g/mol. The Kier molecular flexibility index (Phi) is 5.73. The van der Waals surface area contributed by atoms with Gasteiger partial charge in [0.15, 0.2) is 0 Å². The first-order valence-electron chi connectivity index (χ1n) is 10.2. The van der Waals surface area contributed by atoms with E-state index in [-0.39, 0.29) is 18.4 Å². The third kappa shape index (κ3) is 4.44. The van der Waals surface area contributed by atoms with E-state index < -0.39 is 12.1 Å². The number of rotatable bonds is 7. The number of nitrogens with one attached hydrogen (secondary N) is 3. The van der Waals surface area contributed by atoms with E-state index in [0.29, 0.717) is 18.7 Å². The molecule has 3 aromatic rings. The van der Waals surface area contributed by atoms with Gasteiger partial charge in [-0.15, -0.1) is 0 Å². The molecular formula is C23H25N5O3. The lowest BCUT2D eigenvalue weighted by Gasteiger charge is -2.14. The fourth-order valence-electron chi connectivity index (χ4n) is 3.95. The van der Waals surface area contributed by atoms with E-state index in [0.717, 1.165) is 34.0 Å². The number of benzene rings is 2. The number of nitrogens with zero attached hydrogens (tertiary/aromatic N) is 1. The Morgan fingerprint density at radius 1 is 1.16 bits per heavy atom. The Morgan fingerprint density at radius 2 is 2.00 bits per heavy atom. The molecule has 0 bridgehead atoms. The normalized spacial score (nSPS) is 16.1. The van der Waals surface area contributed by atoms with Crippen molar-refractivity contribution < 1.29 is 14.4 Å². The third-order valence-electron chi connectivity index (χ3n) is 5.38. The van der Waals surface area contributed by atoms with Gasteiger partial charge >= 0.3 is 6.03 Å². The lowest BCUT2D eigenvalue weighted by atomic mass is 10.0. The predicted molar refractivity (Wildman–Crippen MR) is 118 cm³/mol. The highest BCUT2D eigenvalue weighted by Gasteiger charge is 2.37. The van der Waals surface area contributed by atoms with Crippen LogP contribution in [0.25, 0.3) is 10.9 Å². The monoisotopic (exact) mass is 419 g/mol. The van der Waals surface area contributed by atoms with Gasteiger partial charge in [0.25, 0.3) is 5.91 Å². The van der Waals surface area contributed by atoms with Crippen LogP contribution in [0, 0.1) is 0 Å². The largest absolute Gasteiger partial charge is 0.361 e. The molecule has 1 fully saturated rings. The first-order valence-corrected chi connectivity index (χ1v) is 10.2. The van der Waals surface area contributed by atoms with Crippen molar-refractivity contribution in [1.82, 2.24) is 15.2 Å². The van der Waals surface area contributed by atoms with E-state index in [1.165, 1.54) is 11.8 Å². The average molecular weight is 419 g/mol. The number of hydrogen-bond donors (Lipinski definition) is 4. The molecule has 1 atom stereocenters. The maximum atomic E-state index is 12.9. The Hall–Kier alpha value is -3.65. The van der Waals surface area contributed by atoms with Gasteiger partial charge in [0.05, 0.1) is 6.54 Å². The van der Waals surface area contributed by atoms with Gasteiger partial charge in [0.1, 0.15) is 6.04 Å². The topological polar surface area (TPSA) is 120 Å². The number of H-pyrrole nitrogens is 1. The number of urea groups is 1. The predicted octanol–water partition coefficient (Wildman–Crippen LogP) is 2.29. The standard InChI is InChI=1S/C23H25N5O3/c1-14(29)26-18-4-2-3-16(9-18)13-28-22(30)21(27-23(28)31)11-15-5-6-20-19(10-15)17(7-8-24)12-25-20/h2-6,9-10,12,21,25H,7-8,11,13,24H2,1H3,(H,26,29)(H,27,31). The van der Waals surface area contributed by atoms with Crippen molar-refractivity contribution in [2.24, 2.45) is 5.73 Å². The van der Waals surface area contributed by atoms with Gasteiger partial charge in [-0.2, -0.15) is 0 Å². The number of carbonyl (C=O) groups is 3. The minimum absolute atomic E-state index is 0.145. The highest BCUT2D eigenvalue weighted by atomic mass is 16.2. The Balaban J connectivity index is 1.48. The Morgan fingerprint density at radius 3 is 2.77 bits per heavy atom. The van der Waals surface area contributed by atoms with E-state index in [4.69, 9.17) is 5.73 Å². The van der Waals surface area contributed by atoms with Gasteiger partial charge in [-0.1, -0.05) is 18.2 Å². The summed E-state index contributed by atoms with van der Waals surface area (Å²) < 4.78 is 0. The fraction of sp³-hybridized carbons (Fsp3) is 0.261. The molecule has 8 heteroatoms. The minimum Gasteiger partial charge on any atom is -0.361 e. The van der Waals surface area contributed by atoms with Crippen LogP contribution >= 0.6 is 0 Å². The number of imide groups is 1.